The average Bonchev–Trinajstić information content (AvgIpc) is 3.20. The van der Waals surface area contributed by atoms with E-state index in [0.29, 0.717) is 11.8 Å². The predicted octanol–water partition coefficient (Wildman–Crippen LogP) is 3.57. The fourth-order valence-electron chi connectivity index (χ4n) is 3.20. The van der Waals surface area contributed by atoms with E-state index in [1.165, 1.54) is 11.1 Å². The van der Waals surface area contributed by atoms with Crippen LogP contribution < -0.4 is 5.32 Å². The Hall–Kier alpha value is -1.35. The fourth-order valence-corrected chi connectivity index (χ4v) is 3.20. The Labute approximate surface area is 127 Å². The number of carbonyl (C=O) groups excluding carboxylic acids is 1. The number of hydrogen-bond donors (Lipinski definition) is 1. The van der Waals surface area contributed by atoms with E-state index in [-0.39, 0.29) is 17.7 Å². The van der Waals surface area contributed by atoms with Gasteiger partial charge in [-0.2, -0.15) is 0 Å². The second kappa shape index (κ2) is 5.13. The van der Waals surface area contributed by atoms with Gasteiger partial charge >= 0.3 is 0 Å². The molecule has 1 heterocycles. The average molecular weight is 286 g/mol. The lowest BCUT2D eigenvalue weighted by molar-refractivity contribution is -0.132. The highest BCUT2D eigenvalue weighted by Crippen LogP contribution is 2.47. The van der Waals surface area contributed by atoms with E-state index in [1.807, 2.05) is 0 Å². The standard InChI is InChI=1S/C18H26N2O/c1-5-13(4)20-16(19-18(10-11-18)17(20)21)15-8-6-14(7-9-15)12(2)3/h6-9,12-13,16,19H,5,10-11H2,1-4H3. The van der Waals surface area contributed by atoms with Gasteiger partial charge in [-0.3, -0.25) is 10.1 Å². The normalized spacial score (nSPS) is 24.9. The summed E-state index contributed by atoms with van der Waals surface area (Å²) in [5, 5.41) is 3.60. The van der Waals surface area contributed by atoms with Crippen LogP contribution in [-0.2, 0) is 4.79 Å². The van der Waals surface area contributed by atoms with Gasteiger partial charge in [-0.25, -0.2) is 0 Å². The van der Waals surface area contributed by atoms with Gasteiger partial charge in [0.05, 0.1) is 0 Å². The molecule has 2 unspecified atom stereocenters. The van der Waals surface area contributed by atoms with E-state index in [2.05, 4.69) is 62.2 Å². The third-order valence-electron chi connectivity index (χ3n) is 5.07. The fraction of sp³-hybridized carbons (Fsp3) is 0.611. The van der Waals surface area contributed by atoms with Gasteiger partial charge in [0, 0.05) is 6.04 Å². The van der Waals surface area contributed by atoms with Crippen molar-refractivity contribution in [2.45, 2.75) is 70.6 Å². The van der Waals surface area contributed by atoms with Crippen molar-refractivity contribution >= 4 is 5.91 Å². The summed E-state index contributed by atoms with van der Waals surface area (Å²) in [6.45, 7) is 8.71. The maximum absolute atomic E-state index is 12.7. The van der Waals surface area contributed by atoms with Crippen LogP contribution in [0.2, 0.25) is 0 Å². The van der Waals surface area contributed by atoms with Crippen LogP contribution in [0.25, 0.3) is 0 Å². The molecule has 1 spiro atoms. The summed E-state index contributed by atoms with van der Waals surface area (Å²) in [7, 11) is 0. The minimum Gasteiger partial charge on any atom is -0.319 e. The summed E-state index contributed by atoms with van der Waals surface area (Å²) in [5.74, 6) is 0.840. The lowest BCUT2D eigenvalue weighted by Crippen LogP contribution is -2.38. The smallest absolute Gasteiger partial charge is 0.244 e. The van der Waals surface area contributed by atoms with Gasteiger partial charge in [0.1, 0.15) is 11.7 Å². The van der Waals surface area contributed by atoms with Crippen molar-refractivity contribution < 1.29 is 4.79 Å². The highest BCUT2D eigenvalue weighted by atomic mass is 16.2. The molecule has 0 bridgehead atoms. The van der Waals surface area contributed by atoms with Crippen LogP contribution >= 0.6 is 0 Å². The SMILES string of the molecule is CCC(C)N1C(=O)C2(CC2)NC1c1ccc(C(C)C)cc1. The zero-order valence-corrected chi connectivity index (χ0v) is 13.5. The van der Waals surface area contributed by atoms with Gasteiger partial charge in [0.15, 0.2) is 0 Å². The van der Waals surface area contributed by atoms with Gasteiger partial charge in [0.25, 0.3) is 0 Å². The van der Waals surface area contributed by atoms with Crippen LogP contribution in [0, 0.1) is 0 Å². The van der Waals surface area contributed by atoms with Crippen LogP contribution in [0.4, 0.5) is 0 Å². The molecule has 3 rings (SSSR count). The Balaban J connectivity index is 1.90. The Morgan fingerprint density at radius 2 is 1.86 bits per heavy atom. The van der Waals surface area contributed by atoms with Crippen molar-refractivity contribution in [1.82, 2.24) is 10.2 Å². The summed E-state index contributed by atoms with van der Waals surface area (Å²) >= 11 is 0. The Bertz CT molecular complexity index is 531. The maximum Gasteiger partial charge on any atom is 0.244 e. The number of hydrogen-bond acceptors (Lipinski definition) is 2. The first kappa shape index (κ1) is 14.6. The van der Waals surface area contributed by atoms with Gasteiger partial charge in [-0.05, 0) is 43.2 Å². The minimum absolute atomic E-state index is 0.0381. The zero-order valence-electron chi connectivity index (χ0n) is 13.5. The molecule has 1 N–H and O–H groups in total. The third-order valence-corrected chi connectivity index (χ3v) is 5.07. The highest BCUT2D eigenvalue weighted by molar-refractivity contribution is 5.92. The van der Waals surface area contributed by atoms with Gasteiger partial charge in [-0.15, -0.1) is 0 Å². The molecule has 1 saturated carbocycles. The van der Waals surface area contributed by atoms with Gasteiger partial charge in [0.2, 0.25) is 5.91 Å². The third kappa shape index (κ3) is 2.38. The molecule has 2 fully saturated rings. The molecule has 1 aromatic rings. The quantitative estimate of drug-likeness (QED) is 0.917. The molecule has 1 aliphatic carbocycles. The first-order chi connectivity index (χ1) is 9.98. The summed E-state index contributed by atoms with van der Waals surface area (Å²) in [6.07, 6.45) is 3.00. The van der Waals surface area contributed by atoms with Crippen molar-refractivity contribution in [2.24, 2.45) is 0 Å². The van der Waals surface area contributed by atoms with Crippen LogP contribution in [0.5, 0.6) is 0 Å². The van der Waals surface area contributed by atoms with E-state index in [0.717, 1.165) is 19.3 Å². The molecule has 114 valence electrons. The van der Waals surface area contributed by atoms with E-state index < -0.39 is 0 Å². The van der Waals surface area contributed by atoms with Crippen molar-refractivity contribution in [3.05, 3.63) is 35.4 Å². The summed E-state index contributed by atoms with van der Waals surface area (Å²) in [5.41, 5.74) is 2.31. The molecule has 1 aromatic carbocycles. The number of nitrogens with one attached hydrogen (secondary N) is 1. The van der Waals surface area contributed by atoms with E-state index in [9.17, 15) is 4.79 Å². The van der Waals surface area contributed by atoms with Gasteiger partial charge in [-0.1, -0.05) is 45.0 Å². The largest absolute Gasteiger partial charge is 0.319 e. The topological polar surface area (TPSA) is 32.3 Å². The molecule has 0 radical (unpaired) electrons. The van der Waals surface area contributed by atoms with E-state index in [4.69, 9.17) is 0 Å². The van der Waals surface area contributed by atoms with Crippen molar-refractivity contribution in [2.75, 3.05) is 0 Å². The van der Waals surface area contributed by atoms with Crippen LogP contribution in [-0.4, -0.2) is 22.4 Å². The second-order valence-electron chi connectivity index (χ2n) is 6.92. The summed E-state index contributed by atoms with van der Waals surface area (Å²) in [6, 6.07) is 9.02. The lowest BCUT2D eigenvalue weighted by atomic mass is 10.0. The van der Waals surface area contributed by atoms with Crippen molar-refractivity contribution in [1.29, 1.82) is 0 Å². The van der Waals surface area contributed by atoms with Crippen LogP contribution in [0.1, 0.15) is 70.2 Å². The highest BCUT2D eigenvalue weighted by Gasteiger charge is 2.59. The molecular formula is C18H26N2O. The Kier molecular flexibility index (Phi) is 3.56. The number of amides is 1. The summed E-state index contributed by atoms with van der Waals surface area (Å²) < 4.78 is 0. The lowest BCUT2D eigenvalue weighted by Gasteiger charge is -2.30. The molecule has 3 nitrogen and oxygen atoms in total. The molecule has 21 heavy (non-hydrogen) atoms. The molecule has 2 atom stereocenters. The first-order valence-corrected chi connectivity index (χ1v) is 8.19. The maximum atomic E-state index is 12.7. The monoisotopic (exact) mass is 286 g/mol. The summed E-state index contributed by atoms with van der Waals surface area (Å²) in [4.78, 5) is 14.8. The zero-order chi connectivity index (χ0) is 15.2. The number of nitrogens with zero attached hydrogens (tertiary/aromatic N) is 1. The number of benzene rings is 1. The number of carbonyl (C=O) groups is 1. The number of rotatable bonds is 4. The predicted molar refractivity (Wildman–Crippen MR) is 85.0 cm³/mol. The molecule has 0 aromatic heterocycles. The molecule has 2 aliphatic rings. The molecule has 1 aliphatic heterocycles. The molecule has 3 heteroatoms. The first-order valence-electron chi connectivity index (χ1n) is 8.19. The van der Waals surface area contributed by atoms with Crippen molar-refractivity contribution in [3.8, 4) is 0 Å². The van der Waals surface area contributed by atoms with E-state index >= 15 is 0 Å². The Morgan fingerprint density at radius 3 is 2.33 bits per heavy atom. The van der Waals surface area contributed by atoms with Crippen LogP contribution in [0.3, 0.4) is 0 Å². The van der Waals surface area contributed by atoms with Crippen molar-refractivity contribution in [3.63, 3.8) is 0 Å². The second-order valence-corrected chi connectivity index (χ2v) is 6.92. The van der Waals surface area contributed by atoms with E-state index in [1.54, 1.807) is 0 Å². The molecule has 1 saturated heterocycles. The minimum atomic E-state index is -0.245. The molecule has 1 amide bonds. The van der Waals surface area contributed by atoms with Crippen LogP contribution in [0.15, 0.2) is 24.3 Å². The molecular weight excluding hydrogens is 260 g/mol. The Morgan fingerprint density at radius 1 is 1.24 bits per heavy atom. The van der Waals surface area contributed by atoms with Gasteiger partial charge < -0.3 is 4.90 Å².